The Morgan fingerprint density at radius 1 is 1.31 bits per heavy atom. The Hall–Kier alpha value is -0.160. The molecular formula is C12H24O4. The third-order valence-corrected chi connectivity index (χ3v) is 3.00. The number of hydrogen-bond acceptors (Lipinski definition) is 4. The molecule has 0 bridgehead atoms. The average Bonchev–Trinajstić information content (AvgIpc) is 2.31. The molecule has 1 atom stereocenters. The summed E-state index contributed by atoms with van der Waals surface area (Å²) in [6.45, 7) is 6.99. The minimum absolute atomic E-state index is 0.355. The summed E-state index contributed by atoms with van der Waals surface area (Å²) in [5.41, 5.74) is -0.458. The smallest absolute Gasteiger partial charge is 0.106 e. The van der Waals surface area contributed by atoms with Crippen molar-refractivity contribution in [1.29, 1.82) is 0 Å². The zero-order valence-electron chi connectivity index (χ0n) is 10.4. The molecule has 1 fully saturated rings. The van der Waals surface area contributed by atoms with Crippen LogP contribution in [0.1, 0.15) is 33.1 Å². The molecule has 1 rings (SSSR count). The summed E-state index contributed by atoms with van der Waals surface area (Å²) >= 11 is 0. The van der Waals surface area contributed by atoms with Crippen LogP contribution in [0.5, 0.6) is 0 Å². The molecule has 1 unspecified atom stereocenters. The molecule has 96 valence electrons. The quantitative estimate of drug-likeness (QED) is 0.673. The lowest BCUT2D eigenvalue weighted by molar-refractivity contribution is -0.179. The van der Waals surface area contributed by atoms with Crippen LogP contribution in [0.15, 0.2) is 0 Å². The number of aliphatic hydroxyl groups is 1. The molecule has 0 saturated carbocycles. The molecule has 4 nitrogen and oxygen atoms in total. The van der Waals surface area contributed by atoms with E-state index in [2.05, 4.69) is 6.92 Å². The van der Waals surface area contributed by atoms with Crippen molar-refractivity contribution in [2.24, 2.45) is 0 Å². The second-order valence-electron chi connectivity index (χ2n) is 4.20. The standard InChI is InChI=1S/C12H24O4/c1-3-7-15-10-11(13)12(16-4-2)5-8-14-9-6-12/h11,13H,3-10H2,1-2H3. The highest BCUT2D eigenvalue weighted by Gasteiger charge is 2.40. The SMILES string of the molecule is CCCOCC(O)C1(OCC)CCOCC1. The fourth-order valence-corrected chi connectivity index (χ4v) is 2.07. The molecule has 0 radical (unpaired) electrons. The molecule has 1 saturated heterocycles. The van der Waals surface area contributed by atoms with Gasteiger partial charge < -0.3 is 19.3 Å². The third-order valence-electron chi connectivity index (χ3n) is 3.00. The minimum atomic E-state index is -0.553. The summed E-state index contributed by atoms with van der Waals surface area (Å²) in [5.74, 6) is 0. The lowest BCUT2D eigenvalue weighted by Crippen LogP contribution is -2.51. The van der Waals surface area contributed by atoms with E-state index in [0.29, 0.717) is 33.0 Å². The van der Waals surface area contributed by atoms with Crippen molar-refractivity contribution < 1.29 is 19.3 Å². The van der Waals surface area contributed by atoms with Gasteiger partial charge in [-0.25, -0.2) is 0 Å². The normalized spacial score (nSPS) is 21.9. The van der Waals surface area contributed by atoms with Crippen LogP contribution in [0.3, 0.4) is 0 Å². The van der Waals surface area contributed by atoms with E-state index in [-0.39, 0.29) is 0 Å². The maximum absolute atomic E-state index is 10.2. The number of ether oxygens (including phenoxy) is 3. The molecule has 0 amide bonds. The van der Waals surface area contributed by atoms with Crippen LogP contribution in [0.4, 0.5) is 0 Å². The molecule has 16 heavy (non-hydrogen) atoms. The first-order valence-electron chi connectivity index (χ1n) is 6.22. The second-order valence-corrected chi connectivity index (χ2v) is 4.20. The topological polar surface area (TPSA) is 47.9 Å². The second kappa shape index (κ2) is 7.22. The van der Waals surface area contributed by atoms with Crippen LogP contribution in [0, 0.1) is 0 Å². The highest BCUT2D eigenvalue weighted by molar-refractivity contribution is 4.90. The van der Waals surface area contributed by atoms with Gasteiger partial charge in [0.15, 0.2) is 0 Å². The molecule has 1 aliphatic rings. The van der Waals surface area contributed by atoms with Gasteiger partial charge in [0.25, 0.3) is 0 Å². The Balaban J connectivity index is 2.46. The molecule has 4 heteroatoms. The molecule has 1 aliphatic heterocycles. The molecule has 0 aromatic heterocycles. The van der Waals surface area contributed by atoms with Crippen molar-refractivity contribution in [2.75, 3.05) is 33.0 Å². The lowest BCUT2D eigenvalue weighted by atomic mass is 9.88. The highest BCUT2D eigenvalue weighted by atomic mass is 16.5. The first kappa shape index (κ1) is 13.9. The van der Waals surface area contributed by atoms with Gasteiger partial charge in [-0.05, 0) is 13.3 Å². The van der Waals surface area contributed by atoms with Crippen molar-refractivity contribution >= 4 is 0 Å². The summed E-state index contributed by atoms with van der Waals surface area (Å²) in [4.78, 5) is 0. The van der Waals surface area contributed by atoms with E-state index in [1.54, 1.807) is 0 Å². The van der Waals surface area contributed by atoms with Crippen molar-refractivity contribution in [2.45, 2.75) is 44.8 Å². The Morgan fingerprint density at radius 3 is 2.56 bits per heavy atom. The Kier molecular flexibility index (Phi) is 6.28. The van der Waals surface area contributed by atoms with Crippen molar-refractivity contribution in [3.63, 3.8) is 0 Å². The predicted octanol–water partition coefficient (Wildman–Crippen LogP) is 1.36. The van der Waals surface area contributed by atoms with Crippen LogP contribution < -0.4 is 0 Å². The van der Waals surface area contributed by atoms with Gasteiger partial charge in [0.1, 0.15) is 11.7 Å². The largest absolute Gasteiger partial charge is 0.388 e. The minimum Gasteiger partial charge on any atom is -0.388 e. The predicted molar refractivity (Wildman–Crippen MR) is 61.5 cm³/mol. The summed E-state index contributed by atoms with van der Waals surface area (Å²) < 4.78 is 16.5. The first-order chi connectivity index (χ1) is 7.75. The number of rotatable bonds is 7. The maximum atomic E-state index is 10.2. The van der Waals surface area contributed by atoms with E-state index >= 15 is 0 Å². The van der Waals surface area contributed by atoms with Crippen LogP contribution in [-0.4, -0.2) is 49.8 Å². The fourth-order valence-electron chi connectivity index (χ4n) is 2.07. The Bertz CT molecular complexity index is 172. The van der Waals surface area contributed by atoms with Crippen LogP contribution in [0.2, 0.25) is 0 Å². The number of aliphatic hydroxyl groups excluding tert-OH is 1. The average molecular weight is 232 g/mol. The molecule has 0 spiro atoms. The fraction of sp³-hybridized carbons (Fsp3) is 1.00. The van der Waals surface area contributed by atoms with E-state index in [1.807, 2.05) is 6.92 Å². The molecule has 0 aromatic carbocycles. The third kappa shape index (κ3) is 3.70. The van der Waals surface area contributed by atoms with Gasteiger partial charge in [-0.1, -0.05) is 6.92 Å². The summed E-state index contributed by atoms with van der Waals surface area (Å²) in [7, 11) is 0. The molecule has 0 aliphatic carbocycles. The van der Waals surface area contributed by atoms with Crippen LogP contribution in [-0.2, 0) is 14.2 Å². The van der Waals surface area contributed by atoms with E-state index in [0.717, 1.165) is 19.3 Å². The van der Waals surface area contributed by atoms with Gasteiger partial charge in [-0.15, -0.1) is 0 Å². The monoisotopic (exact) mass is 232 g/mol. The Morgan fingerprint density at radius 2 is 2.00 bits per heavy atom. The number of hydrogen-bond donors (Lipinski definition) is 1. The molecule has 0 aromatic rings. The molecule has 1 heterocycles. The Labute approximate surface area is 97.9 Å². The summed E-state index contributed by atoms with van der Waals surface area (Å²) in [6, 6.07) is 0. The zero-order chi connectivity index (χ0) is 11.9. The summed E-state index contributed by atoms with van der Waals surface area (Å²) in [6.07, 6.45) is 1.91. The van der Waals surface area contributed by atoms with Crippen molar-refractivity contribution in [3.05, 3.63) is 0 Å². The van der Waals surface area contributed by atoms with E-state index in [9.17, 15) is 5.11 Å². The zero-order valence-corrected chi connectivity index (χ0v) is 10.4. The summed E-state index contributed by atoms with van der Waals surface area (Å²) in [5, 5.41) is 10.2. The first-order valence-corrected chi connectivity index (χ1v) is 6.22. The van der Waals surface area contributed by atoms with E-state index < -0.39 is 11.7 Å². The van der Waals surface area contributed by atoms with Gasteiger partial charge in [0, 0.05) is 39.3 Å². The van der Waals surface area contributed by atoms with Gasteiger partial charge in [0.05, 0.1) is 6.61 Å². The molecule has 1 N–H and O–H groups in total. The van der Waals surface area contributed by atoms with E-state index in [4.69, 9.17) is 14.2 Å². The van der Waals surface area contributed by atoms with Crippen LogP contribution >= 0.6 is 0 Å². The maximum Gasteiger partial charge on any atom is 0.106 e. The van der Waals surface area contributed by atoms with Crippen molar-refractivity contribution in [3.8, 4) is 0 Å². The van der Waals surface area contributed by atoms with Crippen molar-refractivity contribution in [1.82, 2.24) is 0 Å². The van der Waals surface area contributed by atoms with Crippen LogP contribution in [0.25, 0.3) is 0 Å². The van der Waals surface area contributed by atoms with Gasteiger partial charge in [-0.2, -0.15) is 0 Å². The van der Waals surface area contributed by atoms with E-state index in [1.165, 1.54) is 0 Å². The van der Waals surface area contributed by atoms with Gasteiger partial charge in [-0.3, -0.25) is 0 Å². The highest BCUT2D eigenvalue weighted by Crippen LogP contribution is 2.29. The lowest BCUT2D eigenvalue weighted by Gasteiger charge is -2.40. The van der Waals surface area contributed by atoms with Gasteiger partial charge in [0.2, 0.25) is 0 Å². The van der Waals surface area contributed by atoms with Gasteiger partial charge >= 0.3 is 0 Å². The molecular weight excluding hydrogens is 208 g/mol.